The van der Waals surface area contributed by atoms with Crippen LogP contribution in [0.5, 0.6) is 0 Å². The molecule has 0 bridgehead atoms. The molecule has 1 atom stereocenters. The van der Waals surface area contributed by atoms with Crippen LogP contribution in [0.3, 0.4) is 0 Å². The van der Waals surface area contributed by atoms with Crippen molar-refractivity contribution in [1.29, 1.82) is 0 Å². The number of aromatic nitrogens is 2. The first-order valence-electron chi connectivity index (χ1n) is 7.90. The Bertz CT molecular complexity index is 731. The first kappa shape index (κ1) is 16.0. The molecule has 1 aromatic heterocycles. The van der Waals surface area contributed by atoms with Crippen LogP contribution in [0.15, 0.2) is 35.4 Å². The highest BCUT2D eigenvalue weighted by molar-refractivity contribution is 6.31. The molecular weight excluding hydrogens is 312 g/mol. The van der Waals surface area contributed by atoms with E-state index in [1.165, 1.54) is 5.56 Å². The number of H-pyrrole nitrogens is 1. The normalized spacial score (nSPS) is 18.2. The van der Waals surface area contributed by atoms with Gasteiger partial charge in [-0.05, 0) is 37.0 Å². The van der Waals surface area contributed by atoms with Crippen LogP contribution in [0.2, 0.25) is 5.02 Å². The molecule has 1 saturated heterocycles. The average Bonchev–Trinajstić information content (AvgIpc) is 2.57. The maximum absolute atomic E-state index is 11.9. The molecule has 0 spiro atoms. The molecule has 2 heterocycles. The van der Waals surface area contributed by atoms with E-state index >= 15 is 0 Å². The zero-order valence-electron chi connectivity index (χ0n) is 13.2. The molecule has 1 aliphatic heterocycles. The molecule has 0 amide bonds. The van der Waals surface area contributed by atoms with Crippen molar-refractivity contribution < 1.29 is 0 Å². The molecule has 6 heteroatoms. The second-order valence-corrected chi connectivity index (χ2v) is 6.40. The van der Waals surface area contributed by atoms with Crippen LogP contribution in [0, 0.1) is 6.92 Å². The van der Waals surface area contributed by atoms with Crippen molar-refractivity contribution >= 4 is 17.4 Å². The summed E-state index contributed by atoms with van der Waals surface area (Å²) in [7, 11) is 0. The number of nitrogens with zero attached hydrogens (tertiary/aromatic N) is 2. The zero-order valence-corrected chi connectivity index (χ0v) is 13.9. The van der Waals surface area contributed by atoms with E-state index in [0.717, 1.165) is 43.1 Å². The zero-order chi connectivity index (χ0) is 16.2. The lowest BCUT2D eigenvalue weighted by molar-refractivity contribution is 0.419. The summed E-state index contributed by atoms with van der Waals surface area (Å²) in [5, 5.41) is 4.38. The van der Waals surface area contributed by atoms with Gasteiger partial charge in [0.1, 0.15) is 0 Å². The first-order valence-corrected chi connectivity index (χ1v) is 8.28. The Hall–Kier alpha value is -1.85. The minimum Gasteiger partial charge on any atom is -0.350 e. The number of nitrogens with one attached hydrogen (secondary N) is 2. The molecule has 5 nitrogen and oxygen atoms in total. The van der Waals surface area contributed by atoms with Crippen molar-refractivity contribution in [3.8, 4) is 0 Å². The minimum atomic E-state index is -0.124. The number of aryl methyl sites for hydroxylation is 1. The maximum atomic E-state index is 11.9. The molecule has 0 saturated carbocycles. The van der Waals surface area contributed by atoms with Gasteiger partial charge in [0.05, 0.1) is 0 Å². The fraction of sp³-hybridized carbons (Fsp3) is 0.412. The van der Waals surface area contributed by atoms with Gasteiger partial charge in [-0.2, -0.15) is 0 Å². The van der Waals surface area contributed by atoms with Crippen LogP contribution in [0.4, 0.5) is 5.82 Å². The van der Waals surface area contributed by atoms with E-state index in [1.54, 1.807) is 12.4 Å². The Morgan fingerprint density at radius 3 is 3.13 bits per heavy atom. The predicted octanol–water partition coefficient (Wildman–Crippen LogP) is 2.49. The average molecular weight is 333 g/mol. The smallest absolute Gasteiger partial charge is 0.290 e. The Morgan fingerprint density at radius 1 is 1.48 bits per heavy atom. The molecule has 3 rings (SSSR count). The van der Waals surface area contributed by atoms with Gasteiger partial charge in [-0.1, -0.05) is 23.7 Å². The first-order chi connectivity index (χ1) is 11.1. The van der Waals surface area contributed by atoms with Crippen molar-refractivity contribution in [3.05, 3.63) is 57.1 Å². The number of rotatable bonds is 4. The van der Waals surface area contributed by atoms with Gasteiger partial charge in [0.15, 0.2) is 5.82 Å². The second-order valence-electron chi connectivity index (χ2n) is 5.99. The molecule has 122 valence electrons. The second kappa shape index (κ2) is 7.15. The van der Waals surface area contributed by atoms with Crippen LogP contribution in [0.1, 0.15) is 24.0 Å². The van der Waals surface area contributed by atoms with Crippen LogP contribution in [-0.2, 0) is 6.54 Å². The van der Waals surface area contributed by atoms with Crippen molar-refractivity contribution in [1.82, 2.24) is 15.3 Å². The van der Waals surface area contributed by atoms with Gasteiger partial charge >= 0.3 is 0 Å². The number of aromatic amines is 1. The standard InChI is InChI=1S/C17H21ClN4O/c1-12-9-13(4-5-15(12)18)10-21-14-3-2-8-22(11-14)16-17(23)20-7-6-19-16/h4-7,9,14,21H,2-3,8,10-11H2,1H3,(H,20,23)/t14-/m1/s1. The van der Waals surface area contributed by atoms with Crippen LogP contribution in [0.25, 0.3) is 0 Å². The molecular formula is C17H21ClN4O. The monoisotopic (exact) mass is 332 g/mol. The lowest BCUT2D eigenvalue weighted by atomic mass is 10.0. The van der Waals surface area contributed by atoms with E-state index in [2.05, 4.69) is 26.3 Å². The summed E-state index contributed by atoms with van der Waals surface area (Å²) in [6.07, 6.45) is 5.35. The lowest BCUT2D eigenvalue weighted by Gasteiger charge is -2.33. The fourth-order valence-corrected chi connectivity index (χ4v) is 3.10. The summed E-state index contributed by atoms with van der Waals surface area (Å²) in [5.41, 5.74) is 2.19. The summed E-state index contributed by atoms with van der Waals surface area (Å²) < 4.78 is 0. The highest BCUT2D eigenvalue weighted by Gasteiger charge is 2.22. The van der Waals surface area contributed by atoms with Crippen LogP contribution >= 0.6 is 11.6 Å². The van der Waals surface area contributed by atoms with Crippen molar-refractivity contribution in [2.75, 3.05) is 18.0 Å². The number of piperidine rings is 1. The molecule has 0 unspecified atom stereocenters. The fourth-order valence-electron chi connectivity index (χ4n) is 2.98. The van der Waals surface area contributed by atoms with Crippen LogP contribution < -0.4 is 15.8 Å². The quantitative estimate of drug-likeness (QED) is 0.903. The predicted molar refractivity (Wildman–Crippen MR) is 93.1 cm³/mol. The summed E-state index contributed by atoms with van der Waals surface area (Å²) in [5.74, 6) is 0.515. The number of hydrogen-bond acceptors (Lipinski definition) is 4. The van der Waals surface area contributed by atoms with Gasteiger partial charge in [0.2, 0.25) is 0 Å². The van der Waals surface area contributed by atoms with E-state index in [9.17, 15) is 4.79 Å². The lowest BCUT2D eigenvalue weighted by Crippen LogP contribution is -2.47. The highest BCUT2D eigenvalue weighted by Crippen LogP contribution is 2.18. The van der Waals surface area contributed by atoms with Gasteiger partial charge in [0, 0.05) is 43.1 Å². The largest absolute Gasteiger partial charge is 0.350 e. The topological polar surface area (TPSA) is 61.0 Å². The maximum Gasteiger partial charge on any atom is 0.290 e. The van der Waals surface area contributed by atoms with Gasteiger partial charge in [0.25, 0.3) is 5.56 Å². The molecule has 23 heavy (non-hydrogen) atoms. The number of halogens is 1. The van der Waals surface area contributed by atoms with Crippen molar-refractivity contribution in [2.24, 2.45) is 0 Å². The molecule has 2 N–H and O–H groups in total. The third-order valence-electron chi connectivity index (χ3n) is 4.23. The van der Waals surface area contributed by atoms with E-state index in [1.807, 2.05) is 19.1 Å². The van der Waals surface area contributed by atoms with Gasteiger partial charge in [-0.3, -0.25) is 4.79 Å². The van der Waals surface area contributed by atoms with E-state index in [0.29, 0.717) is 11.9 Å². The van der Waals surface area contributed by atoms with E-state index < -0.39 is 0 Å². The molecule has 1 fully saturated rings. The van der Waals surface area contributed by atoms with E-state index in [4.69, 9.17) is 11.6 Å². The Kier molecular flexibility index (Phi) is 4.98. The molecule has 1 aromatic carbocycles. The third kappa shape index (κ3) is 3.92. The molecule has 0 aliphatic carbocycles. The Balaban J connectivity index is 1.62. The summed E-state index contributed by atoms with van der Waals surface area (Å²) in [4.78, 5) is 20.8. The Morgan fingerprint density at radius 2 is 2.35 bits per heavy atom. The Labute approximate surface area is 140 Å². The molecule has 0 radical (unpaired) electrons. The summed E-state index contributed by atoms with van der Waals surface area (Å²) >= 11 is 6.06. The number of benzene rings is 1. The van der Waals surface area contributed by atoms with Crippen molar-refractivity contribution in [3.63, 3.8) is 0 Å². The molecule has 1 aliphatic rings. The van der Waals surface area contributed by atoms with Gasteiger partial charge in [-0.25, -0.2) is 4.98 Å². The van der Waals surface area contributed by atoms with Crippen molar-refractivity contribution in [2.45, 2.75) is 32.4 Å². The van der Waals surface area contributed by atoms with Gasteiger partial charge < -0.3 is 15.2 Å². The molecule has 2 aromatic rings. The number of anilines is 1. The van der Waals surface area contributed by atoms with Crippen LogP contribution in [-0.4, -0.2) is 29.1 Å². The minimum absolute atomic E-state index is 0.124. The van der Waals surface area contributed by atoms with E-state index in [-0.39, 0.29) is 5.56 Å². The van der Waals surface area contributed by atoms with Gasteiger partial charge in [-0.15, -0.1) is 0 Å². The third-order valence-corrected chi connectivity index (χ3v) is 4.65. The highest BCUT2D eigenvalue weighted by atomic mass is 35.5. The number of hydrogen-bond donors (Lipinski definition) is 2. The SMILES string of the molecule is Cc1cc(CN[C@@H]2CCCN(c3ncc[nH]c3=O)C2)ccc1Cl. The summed E-state index contributed by atoms with van der Waals surface area (Å²) in [6, 6.07) is 6.45. The summed E-state index contributed by atoms with van der Waals surface area (Å²) in [6.45, 7) is 4.49.